The molecule has 6 nitrogen and oxygen atoms in total. The largest absolute Gasteiger partial charge is 0.294 e. The second-order valence-electron chi connectivity index (χ2n) is 3.19. The molecule has 2 rings (SSSR count). The first-order valence-electron chi connectivity index (χ1n) is 4.88. The first-order chi connectivity index (χ1) is 8.28. The highest BCUT2D eigenvalue weighted by molar-refractivity contribution is 7.98. The van der Waals surface area contributed by atoms with Gasteiger partial charge in [-0.1, -0.05) is 6.07 Å². The van der Waals surface area contributed by atoms with E-state index in [0.29, 0.717) is 11.4 Å². The van der Waals surface area contributed by atoms with Crippen molar-refractivity contribution in [1.29, 1.82) is 0 Å². The van der Waals surface area contributed by atoms with Crippen LogP contribution >= 0.6 is 11.8 Å². The smallest absolute Gasteiger partial charge is 0.252 e. The SMILES string of the molecule is NNc1nc(CSc2ccccn2)cc(=O)[nH]1. The van der Waals surface area contributed by atoms with Gasteiger partial charge in [-0.2, -0.15) is 0 Å². The van der Waals surface area contributed by atoms with Gasteiger partial charge in [0.2, 0.25) is 5.95 Å². The van der Waals surface area contributed by atoms with Crippen LogP contribution in [0.4, 0.5) is 5.95 Å². The molecule has 0 aliphatic carbocycles. The molecule has 0 saturated heterocycles. The molecule has 7 heteroatoms. The van der Waals surface area contributed by atoms with Gasteiger partial charge in [-0.15, -0.1) is 11.8 Å². The van der Waals surface area contributed by atoms with Gasteiger partial charge in [-0.3, -0.25) is 15.2 Å². The topological polar surface area (TPSA) is 96.7 Å². The lowest BCUT2D eigenvalue weighted by Crippen LogP contribution is -2.17. The molecule has 17 heavy (non-hydrogen) atoms. The number of aromatic amines is 1. The summed E-state index contributed by atoms with van der Waals surface area (Å²) < 4.78 is 0. The summed E-state index contributed by atoms with van der Waals surface area (Å²) in [4.78, 5) is 22.0. The zero-order valence-corrected chi connectivity index (χ0v) is 9.70. The van der Waals surface area contributed by atoms with Gasteiger partial charge in [0.25, 0.3) is 5.56 Å². The van der Waals surface area contributed by atoms with Gasteiger partial charge in [0, 0.05) is 18.0 Å². The number of thioether (sulfide) groups is 1. The molecule has 88 valence electrons. The Balaban J connectivity index is 2.09. The molecule has 0 aromatic carbocycles. The predicted octanol–water partition coefficient (Wildman–Crippen LogP) is 0.743. The molecule has 0 radical (unpaired) electrons. The molecule has 0 aliphatic heterocycles. The lowest BCUT2D eigenvalue weighted by Gasteiger charge is -2.02. The Morgan fingerprint density at radius 3 is 3.06 bits per heavy atom. The number of pyridine rings is 1. The number of anilines is 1. The second-order valence-corrected chi connectivity index (χ2v) is 4.18. The molecule has 2 aromatic heterocycles. The molecule has 0 aliphatic rings. The van der Waals surface area contributed by atoms with Crippen LogP contribution in [0.5, 0.6) is 0 Å². The summed E-state index contributed by atoms with van der Waals surface area (Å²) in [6.45, 7) is 0. The normalized spacial score (nSPS) is 10.2. The van der Waals surface area contributed by atoms with Crippen molar-refractivity contribution < 1.29 is 0 Å². The van der Waals surface area contributed by atoms with Crippen LogP contribution in [0.15, 0.2) is 40.3 Å². The molecule has 0 spiro atoms. The number of hydrogen-bond donors (Lipinski definition) is 3. The number of hydrogen-bond acceptors (Lipinski definition) is 6. The van der Waals surface area contributed by atoms with E-state index in [2.05, 4.69) is 20.4 Å². The summed E-state index contributed by atoms with van der Waals surface area (Å²) in [5.74, 6) is 6.02. The molecule has 2 aromatic rings. The number of aromatic nitrogens is 3. The standard InChI is InChI=1S/C10H11N5OS/c11-15-10-13-7(5-8(16)14-10)6-17-9-3-1-2-4-12-9/h1-5H,6,11H2,(H2,13,14,15,16). The number of nitrogens with one attached hydrogen (secondary N) is 2. The van der Waals surface area contributed by atoms with E-state index in [1.165, 1.54) is 17.8 Å². The highest BCUT2D eigenvalue weighted by Crippen LogP contribution is 2.18. The van der Waals surface area contributed by atoms with Gasteiger partial charge in [-0.25, -0.2) is 15.8 Å². The third-order valence-electron chi connectivity index (χ3n) is 1.94. The summed E-state index contributed by atoms with van der Waals surface area (Å²) >= 11 is 1.51. The number of H-pyrrole nitrogens is 1. The molecule has 0 unspecified atom stereocenters. The molecule has 0 bridgehead atoms. The van der Waals surface area contributed by atoms with Crippen LogP contribution in [0.3, 0.4) is 0 Å². The van der Waals surface area contributed by atoms with E-state index in [1.54, 1.807) is 6.20 Å². The van der Waals surface area contributed by atoms with Crippen molar-refractivity contribution in [2.75, 3.05) is 5.43 Å². The summed E-state index contributed by atoms with van der Waals surface area (Å²) in [7, 11) is 0. The van der Waals surface area contributed by atoms with Gasteiger partial charge < -0.3 is 0 Å². The van der Waals surface area contributed by atoms with Crippen molar-refractivity contribution in [2.45, 2.75) is 10.8 Å². The van der Waals surface area contributed by atoms with E-state index in [4.69, 9.17) is 5.84 Å². The summed E-state index contributed by atoms with van der Waals surface area (Å²) in [5.41, 5.74) is 2.73. The van der Waals surface area contributed by atoms with Crippen molar-refractivity contribution in [3.63, 3.8) is 0 Å². The Kier molecular flexibility index (Phi) is 3.73. The number of hydrazine groups is 1. The van der Waals surface area contributed by atoms with E-state index >= 15 is 0 Å². The van der Waals surface area contributed by atoms with Crippen LogP contribution < -0.4 is 16.8 Å². The Bertz CT molecular complexity index is 542. The molecule has 0 amide bonds. The van der Waals surface area contributed by atoms with E-state index in [1.807, 2.05) is 18.2 Å². The molecule has 0 saturated carbocycles. The molecular formula is C10H11N5OS. The predicted molar refractivity (Wildman–Crippen MR) is 66.5 cm³/mol. The van der Waals surface area contributed by atoms with Crippen LogP contribution in [0.1, 0.15) is 5.69 Å². The maximum atomic E-state index is 11.3. The number of nitrogen functional groups attached to an aromatic ring is 1. The third kappa shape index (κ3) is 3.30. The van der Waals surface area contributed by atoms with Crippen molar-refractivity contribution in [2.24, 2.45) is 5.84 Å². The van der Waals surface area contributed by atoms with Crippen molar-refractivity contribution in [3.8, 4) is 0 Å². The summed E-state index contributed by atoms with van der Waals surface area (Å²) in [5, 5.41) is 0.886. The Morgan fingerprint density at radius 1 is 1.47 bits per heavy atom. The van der Waals surface area contributed by atoms with Crippen molar-refractivity contribution in [1.82, 2.24) is 15.0 Å². The van der Waals surface area contributed by atoms with Crippen LogP contribution in [-0.4, -0.2) is 15.0 Å². The molecule has 4 N–H and O–H groups in total. The molecule has 0 fully saturated rings. The highest BCUT2D eigenvalue weighted by atomic mass is 32.2. The number of nitrogens with zero attached hydrogens (tertiary/aromatic N) is 2. The van der Waals surface area contributed by atoms with E-state index in [9.17, 15) is 4.79 Å². The molecule has 2 heterocycles. The van der Waals surface area contributed by atoms with Crippen molar-refractivity contribution >= 4 is 17.7 Å². The Hall–Kier alpha value is -1.86. The zero-order chi connectivity index (χ0) is 12.1. The van der Waals surface area contributed by atoms with Gasteiger partial charge in [-0.05, 0) is 12.1 Å². The number of nitrogens with two attached hydrogens (primary N) is 1. The third-order valence-corrected chi connectivity index (χ3v) is 2.91. The maximum Gasteiger partial charge on any atom is 0.252 e. The monoisotopic (exact) mass is 249 g/mol. The van der Waals surface area contributed by atoms with Crippen LogP contribution in [0.2, 0.25) is 0 Å². The van der Waals surface area contributed by atoms with Crippen LogP contribution in [0.25, 0.3) is 0 Å². The minimum Gasteiger partial charge on any atom is -0.294 e. The average molecular weight is 249 g/mol. The highest BCUT2D eigenvalue weighted by Gasteiger charge is 2.01. The van der Waals surface area contributed by atoms with E-state index in [-0.39, 0.29) is 11.5 Å². The fraction of sp³-hybridized carbons (Fsp3) is 0.100. The van der Waals surface area contributed by atoms with Crippen molar-refractivity contribution in [3.05, 3.63) is 46.5 Å². The van der Waals surface area contributed by atoms with Gasteiger partial charge in [0.15, 0.2) is 0 Å². The Morgan fingerprint density at radius 2 is 2.35 bits per heavy atom. The molecular weight excluding hydrogens is 238 g/mol. The van der Waals surface area contributed by atoms with Gasteiger partial charge >= 0.3 is 0 Å². The second kappa shape index (κ2) is 5.46. The first-order valence-corrected chi connectivity index (χ1v) is 5.87. The average Bonchev–Trinajstić information content (AvgIpc) is 2.37. The maximum absolute atomic E-state index is 11.3. The summed E-state index contributed by atoms with van der Waals surface area (Å²) in [6, 6.07) is 7.11. The fourth-order valence-electron chi connectivity index (χ4n) is 1.23. The minimum atomic E-state index is -0.232. The lowest BCUT2D eigenvalue weighted by atomic mass is 10.4. The van der Waals surface area contributed by atoms with Gasteiger partial charge in [0.05, 0.1) is 10.7 Å². The van der Waals surface area contributed by atoms with Crippen LogP contribution in [-0.2, 0) is 5.75 Å². The van der Waals surface area contributed by atoms with E-state index < -0.39 is 0 Å². The van der Waals surface area contributed by atoms with E-state index in [0.717, 1.165) is 5.03 Å². The Labute approximate surface area is 102 Å². The van der Waals surface area contributed by atoms with Crippen LogP contribution in [0, 0.1) is 0 Å². The first kappa shape index (κ1) is 11.6. The summed E-state index contributed by atoms with van der Waals surface area (Å²) in [6.07, 6.45) is 1.72. The fourth-order valence-corrected chi connectivity index (χ4v) is 1.98. The number of rotatable bonds is 4. The zero-order valence-electron chi connectivity index (χ0n) is 8.88. The minimum absolute atomic E-state index is 0.232. The quantitative estimate of drug-likeness (QED) is 0.420. The lowest BCUT2D eigenvalue weighted by molar-refractivity contribution is 1.03. The van der Waals surface area contributed by atoms with Gasteiger partial charge in [0.1, 0.15) is 0 Å². The molecule has 0 atom stereocenters.